The lowest BCUT2D eigenvalue weighted by atomic mass is 9.72. The molecule has 5 nitrogen and oxygen atoms in total. The summed E-state index contributed by atoms with van der Waals surface area (Å²) in [5.74, 6) is 1.38. The van der Waals surface area contributed by atoms with Crippen molar-refractivity contribution in [2.45, 2.75) is 37.3 Å². The van der Waals surface area contributed by atoms with Crippen LogP contribution in [0.5, 0.6) is 11.5 Å². The van der Waals surface area contributed by atoms with E-state index >= 15 is 0 Å². The molecule has 1 aromatic carbocycles. The topological polar surface area (TPSA) is 57.1 Å². The molecule has 1 heterocycles. The first-order valence-electron chi connectivity index (χ1n) is 7.29. The number of isocyanates is 1. The van der Waals surface area contributed by atoms with Crippen molar-refractivity contribution in [3.05, 3.63) is 23.8 Å². The fraction of sp³-hybridized carbons (Fsp3) is 0.562. The van der Waals surface area contributed by atoms with Crippen molar-refractivity contribution in [1.29, 1.82) is 0 Å². The minimum absolute atomic E-state index is 0.0791. The van der Waals surface area contributed by atoms with Crippen molar-refractivity contribution in [1.82, 2.24) is 0 Å². The second kappa shape index (κ2) is 5.88. The first-order chi connectivity index (χ1) is 10.3. The molecule has 112 valence electrons. The van der Waals surface area contributed by atoms with Gasteiger partial charge in [0.15, 0.2) is 11.5 Å². The Hall–Kier alpha value is -1.84. The number of aliphatic imine (C=N–C) groups is 1. The molecule has 2 fully saturated rings. The van der Waals surface area contributed by atoms with Gasteiger partial charge in [0.2, 0.25) is 6.08 Å². The number of methoxy groups -OCH3 is 1. The third-order valence-corrected chi connectivity index (χ3v) is 4.32. The second-order valence-electron chi connectivity index (χ2n) is 5.56. The smallest absolute Gasteiger partial charge is 0.235 e. The maximum atomic E-state index is 10.7. The van der Waals surface area contributed by atoms with Crippen molar-refractivity contribution in [3.8, 4) is 11.5 Å². The van der Waals surface area contributed by atoms with Crippen LogP contribution in [0.4, 0.5) is 0 Å². The Morgan fingerprint density at radius 2 is 2.24 bits per heavy atom. The van der Waals surface area contributed by atoms with E-state index in [1.807, 2.05) is 18.2 Å². The van der Waals surface area contributed by atoms with Crippen LogP contribution in [0.15, 0.2) is 23.2 Å². The summed E-state index contributed by atoms with van der Waals surface area (Å²) < 4.78 is 16.7. The average Bonchev–Trinajstić information content (AvgIpc) is 2.96. The SMILES string of the molecule is COc1cc(C2(N=C=O)CCC2)ccc1OC1CCOC1. The number of hydrogen-bond donors (Lipinski definition) is 0. The minimum Gasteiger partial charge on any atom is -0.493 e. The standard InChI is InChI=1S/C16H19NO4/c1-19-15-9-12(16(17-11-18)6-2-7-16)3-4-14(15)21-13-5-8-20-10-13/h3-4,9,13H,2,5-8,10H2,1H3. The summed E-state index contributed by atoms with van der Waals surface area (Å²) in [5, 5.41) is 0. The summed E-state index contributed by atoms with van der Waals surface area (Å²) >= 11 is 0. The molecule has 0 spiro atoms. The summed E-state index contributed by atoms with van der Waals surface area (Å²) in [6.07, 6.45) is 5.51. The van der Waals surface area contributed by atoms with Crippen molar-refractivity contribution in [2.24, 2.45) is 4.99 Å². The molecule has 1 atom stereocenters. The van der Waals surface area contributed by atoms with Gasteiger partial charge in [-0.2, -0.15) is 4.99 Å². The van der Waals surface area contributed by atoms with E-state index in [9.17, 15) is 4.79 Å². The molecule has 1 aromatic rings. The molecule has 0 aromatic heterocycles. The van der Waals surface area contributed by atoms with Gasteiger partial charge in [0.25, 0.3) is 0 Å². The van der Waals surface area contributed by atoms with Gasteiger partial charge in [0.1, 0.15) is 6.10 Å². The van der Waals surface area contributed by atoms with Crippen LogP contribution in [0.3, 0.4) is 0 Å². The van der Waals surface area contributed by atoms with Crippen molar-refractivity contribution < 1.29 is 19.0 Å². The molecule has 3 rings (SSSR count). The number of carbonyl (C=O) groups excluding carboxylic acids is 1. The van der Waals surface area contributed by atoms with E-state index in [-0.39, 0.29) is 6.10 Å². The monoisotopic (exact) mass is 289 g/mol. The molecule has 0 bridgehead atoms. The maximum absolute atomic E-state index is 10.7. The van der Waals surface area contributed by atoms with E-state index in [4.69, 9.17) is 14.2 Å². The summed E-state index contributed by atoms with van der Waals surface area (Å²) in [5.41, 5.74) is 0.577. The molecule has 0 N–H and O–H groups in total. The van der Waals surface area contributed by atoms with Gasteiger partial charge in [0.05, 0.1) is 25.9 Å². The van der Waals surface area contributed by atoms with Crippen LogP contribution >= 0.6 is 0 Å². The Morgan fingerprint density at radius 3 is 2.81 bits per heavy atom. The average molecular weight is 289 g/mol. The first kappa shape index (κ1) is 14.1. The summed E-state index contributed by atoms with van der Waals surface area (Å²) in [6.45, 7) is 1.35. The van der Waals surface area contributed by atoms with Crippen molar-refractivity contribution in [3.63, 3.8) is 0 Å². The van der Waals surface area contributed by atoms with Crippen LogP contribution in [0, 0.1) is 0 Å². The Labute approximate surface area is 123 Å². The van der Waals surface area contributed by atoms with Gasteiger partial charge in [-0.05, 0) is 37.0 Å². The Bertz CT molecular complexity index is 555. The fourth-order valence-electron chi connectivity index (χ4n) is 2.90. The van der Waals surface area contributed by atoms with E-state index in [1.165, 1.54) is 0 Å². The largest absolute Gasteiger partial charge is 0.493 e. The number of ether oxygens (including phenoxy) is 3. The zero-order chi connectivity index (χ0) is 14.7. The third-order valence-electron chi connectivity index (χ3n) is 4.32. The van der Waals surface area contributed by atoms with Crippen LogP contribution in [-0.2, 0) is 15.1 Å². The number of rotatable bonds is 5. The molecule has 2 aliphatic rings. The van der Waals surface area contributed by atoms with E-state index in [1.54, 1.807) is 13.2 Å². The predicted octanol–water partition coefficient (Wildman–Crippen LogP) is 2.58. The van der Waals surface area contributed by atoms with E-state index in [0.717, 1.165) is 37.9 Å². The summed E-state index contributed by atoms with van der Waals surface area (Å²) in [4.78, 5) is 14.7. The van der Waals surface area contributed by atoms with Gasteiger partial charge in [-0.1, -0.05) is 6.07 Å². The number of benzene rings is 1. The molecule has 5 heteroatoms. The number of hydrogen-bond acceptors (Lipinski definition) is 5. The summed E-state index contributed by atoms with van der Waals surface area (Å²) in [7, 11) is 1.62. The Balaban J connectivity index is 1.86. The highest BCUT2D eigenvalue weighted by molar-refractivity contribution is 5.47. The van der Waals surface area contributed by atoms with Crippen LogP contribution < -0.4 is 9.47 Å². The molecule has 1 aliphatic carbocycles. The van der Waals surface area contributed by atoms with E-state index < -0.39 is 5.54 Å². The molecule has 1 unspecified atom stereocenters. The highest BCUT2D eigenvalue weighted by Gasteiger charge is 2.39. The van der Waals surface area contributed by atoms with Crippen LogP contribution in [0.1, 0.15) is 31.2 Å². The Morgan fingerprint density at radius 1 is 1.38 bits per heavy atom. The molecule has 1 aliphatic heterocycles. The summed E-state index contributed by atoms with van der Waals surface area (Å²) in [6, 6.07) is 5.78. The molecule has 1 saturated carbocycles. The molecule has 0 amide bonds. The second-order valence-corrected chi connectivity index (χ2v) is 5.56. The third kappa shape index (κ3) is 2.67. The van der Waals surface area contributed by atoms with Crippen molar-refractivity contribution in [2.75, 3.05) is 20.3 Å². The molecular weight excluding hydrogens is 270 g/mol. The van der Waals surface area contributed by atoms with Gasteiger partial charge >= 0.3 is 0 Å². The predicted molar refractivity (Wildman–Crippen MR) is 76.5 cm³/mol. The lowest BCUT2D eigenvalue weighted by Gasteiger charge is -2.37. The molecule has 1 saturated heterocycles. The lowest BCUT2D eigenvalue weighted by molar-refractivity contribution is 0.138. The van der Waals surface area contributed by atoms with Crippen LogP contribution in [-0.4, -0.2) is 32.5 Å². The van der Waals surface area contributed by atoms with Crippen LogP contribution in [0.25, 0.3) is 0 Å². The van der Waals surface area contributed by atoms with Gasteiger partial charge in [-0.15, -0.1) is 0 Å². The normalized spacial score (nSPS) is 23.0. The lowest BCUT2D eigenvalue weighted by Crippen LogP contribution is -2.31. The Kier molecular flexibility index (Phi) is 3.95. The molecule has 0 radical (unpaired) electrons. The van der Waals surface area contributed by atoms with Gasteiger partial charge in [-0.25, -0.2) is 4.79 Å². The maximum Gasteiger partial charge on any atom is 0.235 e. The van der Waals surface area contributed by atoms with Gasteiger partial charge in [-0.3, -0.25) is 0 Å². The zero-order valence-electron chi connectivity index (χ0n) is 12.1. The zero-order valence-corrected chi connectivity index (χ0v) is 12.1. The minimum atomic E-state index is -0.413. The molecular formula is C16H19NO4. The first-order valence-corrected chi connectivity index (χ1v) is 7.29. The molecule has 21 heavy (non-hydrogen) atoms. The fourth-order valence-corrected chi connectivity index (χ4v) is 2.90. The van der Waals surface area contributed by atoms with Crippen LogP contribution in [0.2, 0.25) is 0 Å². The van der Waals surface area contributed by atoms with E-state index in [0.29, 0.717) is 18.1 Å². The number of nitrogens with zero attached hydrogens (tertiary/aromatic N) is 1. The highest BCUT2D eigenvalue weighted by atomic mass is 16.6. The highest BCUT2D eigenvalue weighted by Crippen LogP contribution is 2.46. The van der Waals surface area contributed by atoms with Crippen molar-refractivity contribution >= 4 is 6.08 Å². The van der Waals surface area contributed by atoms with E-state index in [2.05, 4.69) is 4.99 Å². The van der Waals surface area contributed by atoms with Gasteiger partial charge in [0, 0.05) is 6.42 Å². The quantitative estimate of drug-likeness (QED) is 0.617. The van der Waals surface area contributed by atoms with Gasteiger partial charge < -0.3 is 14.2 Å².